The van der Waals surface area contributed by atoms with Crippen LogP contribution in [0, 0.1) is 0 Å². The smallest absolute Gasteiger partial charge is 0.217 e. The van der Waals surface area contributed by atoms with E-state index < -0.39 is 10.4 Å². The predicted molar refractivity (Wildman–Crippen MR) is 53.1 cm³/mol. The van der Waals surface area contributed by atoms with Crippen molar-refractivity contribution in [3.05, 3.63) is 12.3 Å². The SMILES string of the molecule is CNC=CC=[N+](C)C.COS(=O)(=O)[O-]. The Labute approximate surface area is 84.9 Å². The first-order chi connectivity index (χ1) is 6.33. The molecule has 0 unspecified atom stereocenters. The molecule has 0 saturated carbocycles. The summed E-state index contributed by atoms with van der Waals surface area (Å²) in [6.45, 7) is 0. The first kappa shape index (κ1) is 15.5. The van der Waals surface area contributed by atoms with E-state index in [-0.39, 0.29) is 0 Å². The monoisotopic (exact) mass is 224 g/mol. The molecule has 7 heteroatoms. The topological polar surface area (TPSA) is 81.5 Å². The highest BCUT2D eigenvalue weighted by Crippen LogP contribution is 1.74. The van der Waals surface area contributed by atoms with Crippen LogP contribution in [0.1, 0.15) is 0 Å². The highest BCUT2D eigenvalue weighted by molar-refractivity contribution is 7.80. The van der Waals surface area contributed by atoms with Crippen molar-refractivity contribution in [2.75, 3.05) is 28.3 Å². The molecule has 0 aromatic carbocycles. The van der Waals surface area contributed by atoms with Crippen molar-refractivity contribution in [1.29, 1.82) is 0 Å². The van der Waals surface area contributed by atoms with Crippen LogP contribution in [0.15, 0.2) is 12.3 Å². The molecule has 0 fully saturated rings. The fraction of sp³-hybridized carbons (Fsp3) is 0.571. The van der Waals surface area contributed by atoms with Gasteiger partial charge in [0.05, 0.1) is 7.11 Å². The average Bonchev–Trinajstić information content (AvgIpc) is 2.04. The number of hydrogen-bond donors (Lipinski definition) is 1. The van der Waals surface area contributed by atoms with E-state index in [0.717, 1.165) is 7.11 Å². The van der Waals surface area contributed by atoms with Crippen molar-refractivity contribution in [2.45, 2.75) is 0 Å². The molecule has 1 N–H and O–H groups in total. The molecule has 0 atom stereocenters. The average molecular weight is 224 g/mol. The van der Waals surface area contributed by atoms with E-state index >= 15 is 0 Å². The largest absolute Gasteiger partial charge is 0.726 e. The van der Waals surface area contributed by atoms with Crippen molar-refractivity contribution < 1.29 is 21.7 Å². The fourth-order valence-electron chi connectivity index (χ4n) is 0.311. The van der Waals surface area contributed by atoms with E-state index in [2.05, 4.69) is 9.50 Å². The standard InChI is InChI=1S/C6H12N2.CH4O4S/c1-7-5-4-6-8(2)3;1-5-6(2,3)4/h4-6H,1-3H3;1H3,(H,2,3,4). The minimum absolute atomic E-state index is 0.808. The van der Waals surface area contributed by atoms with E-state index in [9.17, 15) is 13.0 Å². The van der Waals surface area contributed by atoms with Gasteiger partial charge in [0.1, 0.15) is 14.1 Å². The maximum atomic E-state index is 9.22. The van der Waals surface area contributed by atoms with E-state index in [1.54, 1.807) is 0 Å². The number of rotatable bonds is 3. The zero-order chi connectivity index (χ0) is 11.6. The van der Waals surface area contributed by atoms with Crippen LogP contribution in [0.2, 0.25) is 0 Å². The molecule has 0 aromatic heterocycles. The van der Waals surface area contributed by atoms with Crippen LogP contribution in [0.3, 0.4) is 0 Å². The summed E-state index contributed by atoms with van der Waals surface area (Å²) in [7, 11) is 2.24. The van der Waals surface area contributed by atoms with E-state index in [1.165, 1.54) is 0 Å². The van der Waals surface area contributed by atoms with Crippen LogP contribution in [-0.2, 0) is 14.6 Å². The summed E-state index contributed by atoms with van der Waals surface area (Å²) in [6.07, 6.45) is 5.79. The summed E-state index contributed by atoms with van der Waals surface area (Å²) in [6, 6.07) is 0. The van der Waals surface area contributed by atoms with Gasteiger partial charge in [-0.15, -0.1) is 0 Å². The fourth-order valence-corrected chi connectivity index (χ4v) is 0.311. The van der Waals surface area contributed by atoms with Crippen molar-refractivity contribution >= 4 is 16.6 Å². The third kappa shape index (κ3) is 22.5. The lowest BCUT2D eigenvalue weighted by Gasteiger charge is -1.98. The Kier molecular flexibility index (Phi) is 9.63. The highest BCUT2D eigenvalue weighted by atomic mass is 32.3. The predicted octanol–water partition coefficient (Wildman–Crippen LogP) is -0.845. The maximum absolute atomic E-state index is 9.22. The van der Waals surface area contributed by atoms with Crippen molar-refractivity contribution in [3.8, 4) is 0 Å². The zero-order valence-corrected chi connectivity index (χ0v) is 9.54. The first-order valence-electron chi connectivity index (χ1n) is 3.68. The van der Waals surface area contributed by atoms with Gasteiger partial charge in [-0.1, -0.05) is 0 Å². The molecule has 0 rings (SSSR count). The maximum Gasteiger partial charge on any atom is 0.217 e. The summed E-state index contributed by atoms with van der Waals surface area (Å²) >= 11 is 0. The second-order valence-corrected chi connectivity index (χ2v) is 3.49. The molecule has 14 heavy (non-hydrogen) atoms. The summed E-state index contributed by atoms with van der Waals surface area (Å²) in [5.41, 5.74) is 0. The normalized spacial score (nSPS) is 10.4. The van der Waals surface area contributed by atoms with Gasteiger partial charge in [0.2, 0.25) is 10.4 Å². The van der Waals surface area contributed by atoms with Crippen molar-refractivity contribution in [3.63, 3.8) is 0 Å². The Morgan fingerprint density at radius 1 is 1.43 bits per heavy atom. The second-order valence-electron chi connectivity index (χ2n) is 2.34. The van der Waals surface area contributed by atoms with Crippen LogP contribution in [0.5, 0.6) is 0 Å². The van der Waals surface area contributed by atoms with Gasteiger partial charge in [0.25, 0.3) is 0 Å². The molecule has 6 nitrogen and oxygen atoms in total. The molecule has 0 aliphatic carbocycles. The molecule has 0 spiro atoms. The molecule has 0 aliphatic rings. The summed E-state index contributed by atoms with van der Waals surface area (Å²) < 4.78 is 33.0. The van der Waals surface area contributed by atoms with E-state index in [1.807, 2.05) is 44.2 Å². The Balaban J connectivity index is 0. The van der Waals surface area contributed by atoms with Crippen LogP contribution in [-0.4, -0.2) is 52.0 Å². The van der Waals surface area contributed by atoms with Crippen molar-refractivity contribution in [2.24, 2.45) is 0 Å². The van der Waals surface area contributed by atoms with Gasteiger partial charge >= 0.3 is 0 Å². The van der Waals surface area contributed by atoms with Gasteiger partial charge < -0.3 is 9.87 Å². The Morgan fingerprint density at radius 3 is 2.07 bits per heavy atom. The lowest BCUT2D eigenvalue weighted by molar-refractivity contribution is -0.458. The quantitative estimate of drug-likeness (QED) is 0.292. The molecular formula is C7H16N2O4S. The Morgan fingerprint density at radius 2 is 1.86 bits per heavy atom. The van der Waals surface area contributed by atoms with E-state index in [0.29, 0.717) is 0 Å². The summed E-state index contributed by atoms with van der Waals surface area (Å²) in [5, 5.41) is 2.88. The Hall–Kier alpha value is -0.920. The number of nitrogens with one attached hydrogen (secondary N) is 1. The zero-order valence-electron chi connectivity index (χ0n) is 8.72. The summed E-state index contributed by atoms with van der Waals surface area (Å²) in [5.74, 6) is 0. The molecule has 84 valence electrons. The van der Waals surface area contributed by atoms with Crippen LogP contribution in [0.25, 0.3) is 0 Å². The van der Waals surface area contributed by atoms with Gasteiger partial charge in [-0.3, -0.25) is 4.18 Å². The Bertz CT molecular complexity index is 278. The number of allylic oxidation sites excluding steroid dienone is 1. The van der Waals surface area contributed by atoms with Crippen LogP contribution < -0.4 is 5.32 Å². The number of hydrogen-bond acceptors (Lipinski definition) is 5. The molecule has 0 heterocycles. The van der Waals surface area contributed by atoms with Crippen LogP contribution in [0.4, 0.5) is 0 Å². The molecule has 0 bridgehead atoms. The lowest BCUT2D eigenvalue weighted by atomic mass is 10.6. The lowest BCUT2D eigenvalue weighted by Crippen LogP contribution is -1.97. The minimum Gasteiger partial charge on any atom is -0.726 e. The molecule has 0 amide bonds. The molecule has 0 saturated heterocycles. The first-order valence-corrected chi connectivity index (χ1v) is 5.02. The minimum atomic E-state index is -4.41. The third-order valence-corrected chi connectivity index (χ3v) is 1.26. The summed E-state index contributed by atoms with van der Waals surface area (Å²) in [4.78, 5) is 0. The van der Waals surface area contributed by atoms with Crippen molar-refractivity contribution in [1.82, 2.24) is 5.32 Å². The molecular weight excluding hydrogens is 208 g/mol. The molecule has 0 radical (unpaired) electrons. The van der Waals surface area contributed by atoms with Gasteiger partial charge in [0, 0.05) is 19.3 Å². The molecule has 0 aromatic rings. The highest BCUT2D eigenvalue weighted by Gasteiger charge is 1.79. The van der Waals surface area contributed by atoms with Crippen LogP contribution >= 0.6 is 0 Å². The van der Waals surface area contributed by atoms with E-state index in [4.69, 9.17) is 0 Å². The van der Waals surface area contributed by atoms with Gasteiger partial charge in [-0.25, -0.2) is 13.0 Å². The third-order valence-electron chi connectivity index (χ3n) is 0.851. The number of nitrogens with zero attached hydrogens (tertiary/aromatic N) is 1. The van der Waals surface area contributed by atoms with Gasteiger partial charge in [-0.2, -0.15) is 0 Å². The van der Waals surface area contributed by atoms with Gasteiger partial charge in [-0.05, 0) is 0 Å². The van der Waals surface area contributed by atoms with Gasteiger partial charge in [0.15, 0.2) is 6.21 Å². The molecule has 0 aliphatic heterocycles. The second kappa shape index (κ2) is 8.67.